The van der Waals surface area contributed by atoms with E-state index in [0.717, 1.165) is 44.3 Å². The Morgan fingerprint density at radius 2 is 1.83 bits per heavy atom. The zero-order chi connectivity index (χ0) is 34.5. The van der Waals surface area contributed by atoms with Gasteiger partial charge in [-0.25, -0.2) is 4.68 Å². The number of hydrogen-bond donors (Lipinski definition) is 2. The van der Waals surface area contributed by atoms with Gasteiger partial charge in [-0.1, -0.05) is 74.0 Å². The largest absolute Gasteiger partial charge is 0.481 e. The number of allylic oxidation sites excluding steroid dienone is 1. The molecule has 3 N–H and O–H groups in total. The topological polar surface area (TPSA) is 125 Å². The first-order chi connectivity index (χ1) is 21.8. The van der Waals surface area contributed by atoms with Gasteiger partial charge in [-0.3, -0.25) is 4.79 Å². The number of aromatic nitrogens is 4. The van der Waals surface area contributed by atoms with E-state index in [2.05, 4.69) is 90.8 Å². The predicted molar refractivity (Wildman–Crippen MR) is 182 cm³/mol. The Morgan fingerprint density at radius 1 is 1.13 bits per heavy atom. The summed E-state index contributed by atoms with van der Waals surface area (Å²) >= 11 is 0. The molecule has 5 aliphatic rings. The lowest BCUT2D eigenvalue weighted by Crippen LogP contribution is -2.69. The molecule has 1 saturated heterocycles. The summed E-state index contributed by atoms with van der Waals surface area (Å²) in [5, 5.41) is 24.0. The lowest BCUT2D eigenvalue weighted by molar-refractivity contribution is -0.253. The molecule has 1 unspecified atom stereocenters. The Bertz CT molecular complexity index is 1410. The van der Waals surface area contributed by atoms with Crippen LogP contribution < -0.4 is 5.73 Å². The van der Waals surface area contributed by atoms with Crippen molar-refractivity contribution in [1.82, 2.24) is 20.2 Å². The number of carboxylic acid groups (broad SMARTS) is 1. The highest BCUT2D eigenvalue weighted by atomic mass is 16.5. The zero-order valence-corrected chi connectivity index (χ0v) is 31.1. The third-order valence-corrected chi connectivity index (χ3v) is 16.0. The van der Waals surface area contributed by atoms with Crippen LogP contribution in [0.15, 0.2) is 11.6 Å². The summed E-state index contributed by atoms with van der Waals surface area (Å²) in [5.74, 6) is 1.47. The summed E-state index contributed by atoms with van der Waals surface area (Å²) < 4.78 is 15.7. The maximum Gasteiger partial charge on any atom is 0.307 e. The normalized spacial score (nSPS) is 45.0. The van der Waals surface area contributed by atoms with Gasteiger partial charge in [-0.05, 0) is 109 Å². The first-order valence-electron chi connectivity index (χ1n) is 18.5. The van der Waals surface area contributed by atoms with Gasteiger partial charge in [0.05, 0.1) is 37.9 Å². The van der Waals surface area contributed by atoms with Crippen molar-refractivity contribution in [2.45, 2.75) is 132 Å². The van der Waals surface area contributed by atoms with Crippen molar-refractivity contribution in [3.63, 3.8) is 0 Å². The van der Waals surface area contributed by atoms with Gasteiger partial charge >= 0.3 is 5.97 Å². The quantitative estimate of drug-likeness (QED) is 0.291. The zero-order valence-electron chi connectivity index (χ0n) is 31.1. The van der Waals surface area contributed by atoms with Crippen molar-refractivity contribution in [2.75, 3.05) is 19.8 Å². The molecular formula is C38H63N5O4. The van der Waals surface area contributed by atoms with Crippen LogP contribution in [0.3, 0.4) is 0 Å². The minimum atomic E-state index is -0.620. The minimum absolute atomic E-state index is 0.0628. The summed E-state index contributed by atoms with van der Waals surface area (Å²) in [5.41, 5.74) is 6.66. The van der Waals surface area contributed by atoms with E-state index >= 15 is 0 Å². The minimum Gasteiger partial charge on any atom is -0.481 e. The number of fused-ring (bicyclic) bond motifs is 3. The summed E-state index contributed by atoms with van der Waals surface area (Å²) in [6, 6.07) is -0.0628. The summed E-state index contributed by atoms with van der Waals surface area (Å²) in [7, 11) is 0. The van der Waals surface area contributed by atoms with Gasteiger partial charge in [0.1, 0.15) is 5.82 Å². The number of carboxylic acids is 1. The van der Waals surface area contributed by atoms with Crippen molar-refractivity contribution in [3.8, 4) is 0 Å². The molecule has 0 amide bonds. The second kappa shape index (κ2) is 11.3. The van der Waals surface area contributed by atoms with Gasteiger partial charge < -0.3 is 20.3 Å². The Labute approximate surface area is 283 Å². The fourth-order valence-corrected chi connectivity index (χ4v) is 12.1. The van der Waals surface area contributed by atoms with Crippen molar-refractivity contribution in [3.05, 3.63) is 17.5 Å². The molecule has 1 aromatic heterocycles. The second-order valence-electron chi connectivity index (χ2n) is 18.7. The lowest BCUT2D eigenvalue weighted by Gasteiger charge is -2.71. The predicted octanol–water partition coefficient (Wildman–Crippen LogP) is 6.87. The maximum atomic E-state index is 13.4. The van der Waals surface area contributed by atoms with Gasteiger partial charge in [-0.2, -0.15) is 0 Å². The smallest absolute Gasteiger partial charge is 0.307 e. The molecule has 4 fully saturated rings. The molecule has 12 atom stereocenters. The highest BCUT2D eigenvalue weighted by Gasteiger charge is 2.72. The van der Waals surface area contributed by atoms with Gasteiger partial charge in [-0.15, -0.1) is 5.10 Å². The lowest BCUT2D eigenvalue weighted by atomic mass is 9.34. The third kappa shape index (κ3) is 4.78. The van der Waals surface area contributed by atoms with Gasteiger partial charge in [0.15, 0.2) is 0 Å². The molecule has 2 bridgehead atoms. The fraction of sp³-hybridized carbons (Fsp3) is 0.895. The number of tetrazole rings is 1. The van der Waals surface area contributed by atoms with Gasteiger partial charge in [0.25, 0.3) is 0 Å². The van der Waals surface area contributed by atoms with E-state index in [0.29, 0.717) is 43.5 Å². The molecule has 1 aromatic rings. The van der Waals surface area contributed by atoms with Gasteiger partial charge in [0.2, 0.25) is 0 Å². The summed E-state index contributed by atoms with van der Waals surface area (Å²) in [6.45, 7) is 26.4. The number of carbonyl (C=O) groups is 1. The van der Waals surface area contributed by atoms with E-state index in [1.54, 1.807) is 0 Å². The van der Waals surface area contributed by atoms with Crippen LogP contribution >= 0.6 is 0 Å². The number of nitrogens with two attached hydrogens (primary N) is 1. The molecule has 2 heterocycles. The van der Waals surface area contributed by atoms with Crippen LogP contribution in [0.1, 0.15) is 120 Å². The monoisotopic (exact) mass is 653 g/mol. The molecule has 47 heavy (non-hydrogen) atoms. The SMILES string of the molecule is Cc1nnnn1[C@@H]1CC23COC[C@@](C)([C@@H]2CC[C@H]2C3=CC[C@@]3(C)[C@H](C(=O)O)[C@@](C)([C@H](C)C(C)C)CC[C@]23C)[C@H]1OC[C@](C)(N)C(C)C. The van der Waals surface area contributed by atoms with Crippen LogP contribution in [-0.2, 0) is 14.3 Å². The Morgan fingerprint density at radius 3 is 2.43 bits per heavy atom. The molecule has 0 spiro atoms. The number of aryl methyl sites for hydroxylation is 1. The van der Waals surface area contributed by atoms with E-state index in [1.807, 2.05) is 11.6 Å². The molecule has 9 heteroatoms. The third-order valence-electron chi connectivity index (χ3n) is 16.0. The standard InChI is InChI=1S/C38H63N5O4/c1-22(2)24(5)33(7)16-17-35(9)26-12-13-29-34(8)19-46-21-38(29,27(26)14-15-36(35,10)30(33)32(44)45)18-28(43-25(6)40-41-42-43)31(34)47-20-37(11,39)23(3)4/h14,22-24,26,28-31H,12-13,15-21,39H2,1-11H3,(H,44,45)/t24-,26+,28-,29+,30-,31+,33-,34+,35-,36+,37+,38?/m1/s1. The van der Waals surface area contributed by atoms with E-state index < -0.39 is 17.4 Å². The Kier molecular flexibility index (Phi) is 8.45. The number of aliphatic carboxylic acids is 1. The molecule has 264 valence electrons. The van der Waals surface area contributed by atoms with E-state index in [-0.39, 0.29) is 45.1 Å². The molecular weight excluding hydrogens is 590 g/mol. The second-order valence-corrected chi connectivity index (χ2v) is 18.7. The molecule has 3 saturated carbocycles. The van der Waals surface area contributed by atoms with Crippen LogP contribution in [-0.4, -0.2) is 62.7 Å². The Balaban J connectivity index is 1.45. The highest BCUT2D eigenvalue weighted by molar-refractivity contribution is 5.73. The molecule has 0 aromatic carbocycles. The fourth-order valence-electron chi connectivity index (χ4n) is 12.1. The Hall–Kier alpha value is -1.84. The number of rotatable bonds is 8. The average molecular weight is 654 g/mol. The van der Waals surface area contributed by atoms with Crippen molar-refractivity contribution in [2.24, 2.45) is 68.3 Å². The van der Waals surface area contributed by atoms with Crippen molar-refractivity contribution < 1.29 is 19.4 Å². The molecule has 0 radical (unpaired) electrons. The van der Waals surface area contributed by atoms with Crippen LogP contribution in [0.5, 0.6) is 0 Å². The first-order valence-corrected chi connectivity index (χ1v) is 18.5. The number of hydrogen-bond acceptors (Lipinski definition) is 7. The molecule has 6 rings (SSSR count). The van der Waals surface area contributed by atoms with Crippen LogP contribution in [0.25, 0.3) is 0 Å². The number of ether oxygens (including phenoxy) is 2. The average Bonchev–Trinajstić information content (AvgIpc) is 3.41. The molecule has 4 aliphatic carbocycles. The van der Waals surface area contributed by atoms with E-state index in [9.17, 15) is 9.90 Å². The molecule has 1 aliphatic heterocycles. The van der Waals surface area contributed by atoms with Crippen LogP contribution in [0.2, 0.25) is 0 Å². The van der Waals surface area contributed by atoms with Crippen molar-refractivity contribution >= 4 is 5.97 Å². The van der Waals surface area contributed by atoms with Gasteiger partial charge in [0, 0.05) is 16.4 Å². The van der Waals surface area contributed by atoms with E-state index in [1.165, 1.54) is 5.57 Å². The first kappa shape index (κ1) is 35.0. The highest BCUT2D eigenvalue weighted by Crippen LogP contribution is 2.75. The van der Waals surface area contributed by atoms with E-state index in [4.69, 9.17) is 15.2 Å². The van der Waals surface area contributed by atoms with Crippen LogP contribution in [0, 0.1) is 69.5 Å². The van der Waals surface area contributed by atoms with Crippen molar-refractivity contribution in [1.29, 1.82) is 0 Å². The summed E-state index contributed by atoms with van der Waals surface area (Å²) in [6.07, 6.45) is 8.12. The maximum absolute atomic E-state index is 13.4. The van der Waals surface area contributed by atoms with Crippen LogP contribution in [0.4, 0.5) is 0 Å². The molecule has 9 nitrogen and oxygen atoms in total. The number of nitrogens with zero attached hydrogens (tertiary/aromatic N) is 4. The summed E-state index contributed by atoms with van der Waals surface area (Å²) in [4.78, 5) is 13.4.